The third kappa shape index (κ3) is 3.74. The van der Waals surface area contributed by atoms with Gasteiger partial charge in [-0.05, 0) is 49.2 Å². The average Bonchev–Trinajstić information content (AvgIpc) is 3.13. The quantitative estimate of drug-likeness (QED) is 0.727. The van der Waals surface area contributed by atoms with Gasteiger partial charge in [-0.25, -0.2) is 4.39 Å². The maximum absolute atomic E-state index is 13.4. The molecule has 3 aromatic rings. The summed E-state index contributed by atoms with van der Waals surface area (Å²) in [5.41, 5.74) is 1.68. The lowest BCUT2D eigenvalue weighted by Gasteiger charge is -2.31. The zero-order chi connectivity index (χ0) is 17.1. The number of aromatic nitrogens is 3. The van der Waals surface area contributed by atoms with Gasteiger partial charge in [0, 0.05) is 19.3 Å². The van der Waals surface area contributed by atoms with E-state index in [0.717, 1.165) is 38.0 Å². The highest BCUT2D eigenvalue weighted by Crippen LogP contribution is 2.28. The Hall–Kier alpha value is -2.60. The first-order chi connectivity index (χ1) is 12.3. The molecule has 0 aliphatic carbocycles. The molecule has 2 aromatic heterocycles. The van der Waals surface area contributed by atoms with Crippen molar-refractivity contribution >= 4 is 0 Å². The molecule has 128 valence electrons. The maximum atomic E-state index is 13.4. The van der Waals surface area contributed by atoms with E-state index >= 15 is 0 Å². The number of pyridine rings is 1. The topological polar surface area (TPSA) is 55.1 Å². The van der Waals surface area contributed by atoms with Gasteiger partial charge in [0.15, 0.2) is 0 Å². The van der Waals surface area contributed by atoms with Crippen molar-refractivity contribution in [2.24, 2.45) is 0 Å². The largest absolute Gasteiger partial charge is 0.419 e. The lowest BCUT2D eigenvalue weighted by molar-refractivity contribution is 0.186. The molecule has 0 spiro atoms. The molecule has 4 rings (SSSR count). The van der Waals surface area contributed by atoms with Crippen molar-refractivity contribution in [2.75, 3.05) is 13.1 Å². The lowest BCUT2D eigenvalue weighted by atomic mass is 9.97. The van der Waals surface area contributed by atoms with Crippen LogP contribution in [-0.2, 0) is 6.54 Å². The first-order valence-corrected chi connectivity index (χ1v) is 8.49. The molecule has 1 unspecified atom stereocenters. The second-order valence-corrected chi connectivity index (χ2v) is 6.36. The van der Waals surface area contributed by atoms with Gasteiger partial charge in [0.05, 0.1) is 5.92 Å². The minimum Gasteiger partial charge on any atom is -0.419 e. The molecule has 1 aliphatic rings. The van der Waals surface area contributed by atoms with Gasteiger partial charge in [-0.3, -0.25) is 9.88 Å². The van der Waals surface area contributed by atoms with Crippen molar-refractivity contribution in [1.29, 1.82) is 0 Å². The van der Waals surface area contributed by atoms with Gasteiger partial charge >= 0.3 is 0 Å². The summed E-state index contributed by atoms with van der Waals surface area (Å²) >= 11 is 0. The summed E-state index contributed by atoms with van der Waals surface area (Å²) in [6.07, 6.45) is 3.78. The van der Waals surface area contributed by atoms with Crippen LogP contribution in [0.3, 0.4) is 0 Å². The zero-order valence-corrected chi connectivity index (χ0v) is 13.8. The Labute approximate surface area is 145 Å². The van der Waals surface area contributed by atoms with Crippen LogP contribution < -0.4 is 0 Å². The van der Waals surface area contributed by atoms with E-state index in [4.69, 9.17) is 4.42 Å². The van der Waals surface area contributed by atoms with Crippen molar-refractivity contribution in [1.82, 2.24) is 20.1 Å². The second kappa shape index (κ2) is 7.11. The molecule has 1 atom stereocenters. The van der Waals surface area contributed by atoms with Gasteiger partial charge in [-0.2, -0.15) is 0 Å². The predicted octanol–water partition coefficient (Wildman–Crippen LogP) is 3.65. The lowest BCUT2D eigenvalue weighted by Crippen LogP contribution is -2.34. The number of piperidine rings is 1. The van der Waals surface area contributed by atoms with E-state index in [-0.39, 0.29) is 11.7 Å². The fraction of sp³-hybridized carbons (Fsp3) is 0.316. The van der Waals surface area contributed by atoms with Crippen LogP contribution in [0, 0.1) is 5.82 Å². The molecular formula is C19H19FN4O. The van der Waals surface area contributed by atoms with Crippen molar-refractivity contribution < 1.29 is 8.81 Å². The molecule has 1 aromatic carbocycles. The van der Waals surface area contributed by atoms with Crippen molar-refractivity contribution in [3.63, 3.8) is 0 Å². The number of likely N-dealkylation sites (tertiary alicyclic amines) is 1. The zero-order valence-electron chi connectivity index (χ0n) is 13.8. The molecule has 0 amide bonds. The molecule has 1 fully saturated rings. The Balaban J connectivity index is 1.45. The number of halogens is 1. The van der Waals surface area contributed by atoms with E-state index < -0.39 is 0 Å². The van der Waals surface area contributed by atoms with Crippen molar-refractivity contribution in [3.05, 3.63) is 65.9 Å². The summed E-state index contributed by atoms with van der Waals surface area (Å²) in [6, 6.07) is 12.4. The normalized spacial score (nSPS) is 18.4. The van der Waals surface area contributed by atoms with E-state index in [2.05, 4.69) is 20.1 Å². The van der Waals surface area contributed by atoms with Crippen LogP contribution in [0.5, 0.6) is 0 Å². The molecule has 0 radical (unpaired) electrons. The first-order valence-electron chi connectivity index (χ1n) is 8.49. The molecule has 0 N–H and O–H groups in total. The number of hydrogen-bond donors (Lipinski definition) is 0. The highest BCUT2D eigenvalue weighted by molar-refractivity contribution is 5.45. The van der Waals surface area contributed by atoms with Gasteiger partial charge in [-0.15, -0.1) is 10.2 Å². The van der Waals surface area contributed by atoms with E-state index in [1.807, 2.05) is 24.3 Å². The molecule has 1 saturated heterocycles. The summed E-state index contributed by atoms with van der Waals surface area (Å²) in [6.45, 7) is 2.56. The van der Waals surface area contributed by atoms with Crippen LogP contribution in [0.4, 0.5) is 4.39 Å². The van der Waals surface area contributed by atoms with E-state index in [1.165, 1.54) is 6.07 Å². The maximum Gasteiger partial charge on any atom is 0.266 e. The number of benzene rings is 1. The monoisotopic (exact) mass is 338 g/mol. The Morgan fingerprint density at radius 2 is 2.12 bits per heavy atom. The minimum absolute atomic E-state index is 0.192. The summed E-state index contributed by atoms with van der Waals surface area (Å²) in [4.78, 5) is 6.56. The van der Waals surface area contributed by atoms with Gasteiger partial charge in [0.25, 0.3) is 5.89 Å². The average molecular weight is 338 g/mol. The van der Waals surface area contributed by atoms with Gasteiger partial charge in [0.1, 0.15) is 11.5 Å². The number of nitrogens with zero attached hydrogens (tertiary/aromatic N) is 4. The molecule has 1 aliphatic heterocycles. The summed E-state index contributed by atoms with van der Waals surface area (Å²) in [5, 5.41) is 8.36. The highest BCUT2D eigenvalue weighted by Gasteiger charge is 2.26. The fourth-order valence-electron chi connectivity index (χ4n) is 3.29. The Morgan fingerprint density at radius 1 is 1.16 bits per heavy atom. The van der Waals surface area contributed by atoms with Crippen LogP contribution in [0.1, 0.15) is 30.2 Å². The Morgan fingerprint density at radius 3 is 2.96 bits per heavy atom. The standard InChI is InChI=1S/C19H19FN4O/c20-16-7-3-5-14(11-16)12-24-10-4-6-15(13-24)18-22-23-19(25-18)17-8-1-2-9-21-17/h1-3,5,7-9,11,15H,4,6,10,12-13H2. The Kier molecular flexibility index (Phi) is 4.52. The van der Waals surface area contributed by atoms with E-state index in [1.54, 1.807) is 18.3 Å². The van der Waals surface area contributed by atoms with Gasteiger partial charge in [0.2, 0.25) is 5.89 Å². The van der Waals surface area contributed by atoms with E-state index in [9.17, 15) is 4.39 Å². The SMILES string of the molecule is Fc1cccc(CN2CCCC(c3nnc(-c4ccccn4)o3)C2)c1. The smallest absolute Gasteiger partial charge is 0.266 e. The van der Waals surface area contributed by atoms with Crippen LogP contribution in [0.25, 0.3) is 11.6 Å². The second-order valence-electron chi connectivity index (χ2n) is 6.36. The predicted molar refractivity (Wildman–Crippen MR) is 91.2 cm³/mol. The van der Waals surface area contributed by atoms with Gasteiger partial charge < -0.3 is 4.42 Å². The van der Waals surface area contributed by atoms with Crippen molar-refractivity contribution in [3.8, 4) is 11.6 Å². The molecule has 25 heavy (non-hydrogen) atoms. The summed E-state index contributed by atoms with van der Waals surface area (Å²) in [7, 11) is 0. The van der Waals surface area contributed by atoms with Crippen LogP contribution in [0.2, 0.25) is 0 Å². The van der Waals surface area contributed by atoms with Crippen LogP contribution in [-0.4, -0.2) is 33.2 Å². The molecule has 0 saturated carbocycles. The summed E-state index contributed by atoms with van der Waals surface area (Å²) < 4.78 is 19.2. The first kappa shape index (κ1) is 15.9. The highest BCUT2D eigenvalue weighted by atomic mass is 19.1. The van der Waals surface area contributed by atoms with Crippen molar-refractivity contribution in [2.45, 2.75) is 25.3 Å². The minimum atomic E-state index is -0.192. The fourth-order valence-corrected chi connectivity index (χ4v) is 3.29. The molecule has 0 bridgehead atoms. The molecule has 6 heteroatoms. The Bertz CT molecular complexity index is 836. The van der Waals surface area contributed by atoms with E-state index in [0.29, 0.717) is 17.5 Å². The van der Waals surface area contributed by atoms with Crippen LogP contribution >= 0.6 is 0 Å². The molecular weight excluding hydrogens is 319 g/mol. The third-order valence-electron chi connectivity index (χ3n) is 4.47. The molecule has 5 nitrogen and oxygen atoms in total. The molecule has 3 heterocycles. The number of hydrogen-bond acceptors (Lipinski definition) is 5. The number of rotatable bonds is 4. The third-order valence-corrected chi connectivity index (χ3v) is 4.47. The van der Waals surface area contributed by atoms with Gasteiger partial charge in [-0.1, -0.05) is 18.2 Å². The van der Waals surface area contributed by atoms with Crippen LogP contribution in [0.15, 0.2) is 53.1 Å². The summed E-state index contributed by atoms with van der Waals surface area (Å²) in [5.74, 6) is 1.12.